The third-order valence-corrected chi connectivity index (χ3v) is 1.81. The van der Waals surface area contributed by atoms with Crippen LogP contribution in [0, 0.1) is 11.3 Å². The van der Waals surface area contributed by atoms with Crippen molar-refractivity contribution >= 4 is 11.4 Å². The van der Waals surface area contributed by atoms with Gasteiger partial charge in [-0.1, -0.05) is 18.2 Å². The average Bonchev–Trinajstić information content (AvgIpc) is 2.06. The fourth-order valence-electron chi connectivity index (χ4n) is 1.23. The molecular weight excluding hydrogens is 136 g/mol. The van der Waals surface area contributed by atoms with Crippen LogP contribution in [0.15, 0.2) is 41.6 Å². The van der Waals surface area contributed by atoms with Crippen LogP contribution in [-0.4, -0.2) is 11.4 Å². The molecule has 2 aliphatic rings. The van der Waals surface area contributed by atoms with Gasteiger partial charge in [0.25, 0.3) is 0 Å². The second-order valence-corrected chi connectivity index (χ2v) is 2.55. The predicted molar refractivity (Wildman–Crippen MR) is 46.1 cm³/mol. The normalized spacial score (nSPS) is 26.7. The van der Waals surface area contributed by atoms with Crippen LogP contribution in [0.4, 0.5) is 0 Å². The van der Waals surface area contributed by atoms with Crippen molar-refractivity contribution in [3.05, 3.63) is 36.6 Å². The molecule has 1 aliphatic carbocycles. The van der Waals surface area contributed by atoms with Crippen molar-refractivity contribution in [2.75, 3.05) is 0 Å². The summed E-state index contributed by atoms with van der Waals surface area (Å²) < 4.78 is 0. The minimum absolute atomic E-state index is 0.102. The van der Waals surface area contributed by atoms with Gasteiger partial charge < -0.3 is 5.41 Å². The second-order valence-electron chi connectivity index (χ2n) is 2.55. The van der Waals surface area contributed by atoms with E-state index in [0.29, 0.717) is 5.71 Å². The number of rotatable bonds is 0. The third-order valence-electron chi connectivity index (χ3n) is 1.81. The quantitative estimate of drug-likeness (QED) is 0.537. The van der Waals surface area contributed by atoms with Crippen LogP contribution in [0.3, 0.4) is 0 Å². The first-order valence-corrected chi connectivity index (χ1v) is 3.55. The first kappa shape index (κ1) is 6.28. The highest BCUT2D eigenvalue weighted by Gasteiger charge is 2.17. The molecule has 2 nitrogen and oxygen atoms in total. The van der Waals surface area contributed by atoms with Crippen molar-refractivity contribution in [3.8, 4) is 0 Å². The summed E-state index contributed by atoms with van der Waals surface area (Å²) in [5.74, 6) is 0.102. The lowest BCUT2D eigenvalue weighted by atomic mass is 9.92. The number of nitrogens with zero attached hydrogens (tertiary/aromatic N) is 1. The van der Waals surface area contributed by atoms with Crippen molar-refractivity contribution in [2.24, 2.45) is 10.9 Å². The molecule has 0 fully saturated rings. The molecule has 1 N–H and O–H groups in total. The minimum Gasteiger partial charge on any atom is -0.304 e. The summed E-state index contributed by atoms with van der Waals surface area (Å²) >= 11 is 0. The smallest absolute Gasteiger partial charge is 0.0612 e. The Morgan fingerprint density at radius 3 is 3.00 bits per heavy atom. The number of hydrogen-bond donors (Lipinski definition) is 1. The van der Waals surface area contributed by atoms with Crippen molar-refractivity contribution in [1.82, 2.24) is 0 Å². The Morgan fingerprint density at radius 1 is 1.27 bits per heavy atom. The van der Waals surface area contributed by atoms with Gasteiger partial charge in [-0.15, -0.1) is 0 Å². The molecule has 2 heteroatoms. The zero-order valence-corrected chi connectivity index (χ0v) is 5.99. The van der Waals surface area contributed by atoms with E-state index in [1.807, 2.05) is 24.3 Å². The molecule has 0 amide bonds. The molecule has 1 unspecified atom stereocenters. The van der Waals surface area contributed by atoms with E-state index in [4.69, 9.17) is 5.41 Å². The number of hydrogen-bond acceptors (Lipinski definition) is 2. The zero-order valence-electron chi connectivity index (χ0n) is 5.99. The lowest BCUT2D eigenvalue weighted by Gasteiger charge is -2.16. The van der Waals surface area contributed by atoms with Crippen LogP contribution in [0.25, 0.3) is 0 Å². The molecule has 11 heavy (non-hydrogen) atoms. The summed E-state index contributed by atoms with van der Waals surface area (Å²) in [7, 11) is 0. The molecule has 1 atom stereocenters. The molecule has 1 heterocycles. The molecule has 0 spiro atoms. The number of aliphatic imine (C=N–C) groups is 1. The highest BCUT2D eigenvalue weighted by molar-refractivity contribution is 6.18. The van der Waals surface area contributed by atoms with Gasteiger partial charge in [0.2, 0.25) is 0 Å². The Balaban J connectivity index is 2.43. The summed E-state index contributed by atoms with van der Waals surface area (Å²) in [6.45, 7) is 0. The van der Waals surface area contributed by atoms with E-state index >= 15 is 0 Å². The Labute approximate surface area is 65.2 Å². The van der Waals surface area contributed by atoms with Crippen LogP contribution >= 0.6 is 0 Å². The first-order chi connectivity index (χ1) is 5.38. The summed E-state index contributed by atoms with van der Waals surface area (Å²) in [6, 6.07) is 0. The standard InChI is InChI=1S/C9H8N2/c10-8-5-6-11-9-4-2-1-3-7(8)9/h1-7,10H. The molecular formula is C9H8N2. The Hall–Kier alpha value is -1.44. The highest BCUT2D eigenvalue weighted by Crippen LogP contribution is 2.15. The largest absolute Gasteiger partial charge is 0.304 e. The maximum absolute atomic E-state index is 7.56. The minimum atomic E-state index is 0.102. The van der Waals surface area contributed by atoms with Gasteiger partial charge in [0, 0.05) is 11.9 Å². The topological polar surface area (TPSA) is 36.2 Å². The monoisotopic (exact) mass is 144 g/mol. The van der Waals surface area contributed by atoms with E-state index in [1.165, 1.54) is 0 Å². The molecule has 1 aliphatic heterocycles. The molecule has 0 aromatic carbocycles. The summed E-state index contributed by atoms with van der Waals surface area (Å²) in [5, 5.41) is 7.56. The van der Waals surface area contributed by atoms with Gasteiger partial charge in [-0.05, 0) is 12.2 Å². The van der Waals surface area contributed by atoms with E-state index in [9.17, 15) is 0 Å². The van der Waals surface area contributed by atoms with Crippen LogP contribution in [0.1, 0.15) is 0 Å². The second kappa shape index (κ2) is 2.31. The number of fused-ring (bicyclic) bond motifs is 1. The van der Waals surface area contributed by atoms with Gasteiger partial charge in [-0.3, -0.25) is 4.99 Å². The van der Waals surface area contributed by atoms with Gasteiger partial charge in [0.15, 0.2) is 0 Å². The Morgan fingerprint density at radius 2 is 2.18 bits per heavy atom. The maximum Gasteiger partial charge on any atom is 0.0612 e. The molecule has 0 saturated heterocycles. The fraction of sp³-hybridized carbons (Fsp3) is 0.111. The van der Waals surface area contributed by atoms with Gasteiger partial charge >= 0.3 is 0 Å². The van der Waals surface area contributed by atoms with Crippen LogP contribution in [0.2, 0.25) is 0 Å². The van der Waals surface area contributed by atoms with Crippen LogP contribution < -0.4 is 0 Å². The third kappa shape index (κ3) is 0.963. The Bertz CT molecular complexity index is 306. The molecule has 0 aromatic heterocycles. The molecule has 0 bridgehead atoms. The van der Waals surface area contributed by atoms with Gasteiger partial charge in [0.1, 0.15) is 0 Å². The van der Waals surface area contributed by atoms with Gasteiger partial charge in [0.05, 0.1) is 11.6 Å². The van der Waals surface area contributed by atoms with Crippen molar-refractivity contribution < 1.29 is 0 Å². The summed E-state index contributed by atoms with van der Waals surface area (Å²) in [6.07, 6.45) is 11.3. The highest BCUT2D eigenvalue weighted by atomic mass is 14.7. The fourth-order valence-corrected chi connectivity index (χ4v) is 1.23. The van der Waals surface area contributed by atoms with Gasteiger partial charge in [-0.2, -0.15) is 0 Å². The van der Waals surface area contributed by atoms with E-state index in [1.54, 1.807) is 12.3 Å². The van der Waals surface area contributed by atoms with Crippen molar-refractivity contribution in [1.29, 1.82) is 5.41 Å². The van der Waals surface area contributed by atoms with Crippen molar-refractivity contribution in [2.45, 2.75) is 0 Å². The maximum atomic E-state index is 7.56. The molecule has 0 saturated carbocycles. The Kier molecular flexibility index (Phi) is 1.32. The lowest BCUT2D eigenvalue weighted by molar-refractivity contribution is 1.15. The van der Waals surface area contributed by atoms with E-state index < -0.39 is 0 Å². The predicted octanol–water partition coefficient (Wildman–Crippen LogP) is 1.72. The van der Waals surface area contributed by atoms with Crippen molar-refractivity contribution in [3.63, 3.8) is 0 Å². The van der Waals surface area contributed by atoms with Gasteiger partial charge in [-0.25, -0.2) is 0 Å². The first-order valence-electron chi connectivity index (χ1n) is 3.55. The molecule has 2 rings (SSSR count). The lowest BCUT2D eigenvalue weighted by Crippen LogP contribution is -2.22. The average molecular weight is 144 g/mol. The number of nitrogens with one attached hydrogen (secondary N) is 1. The zero-order chi connectivity index (χ0) is 7.68. The number of allylic oxidation sites excluding steroid dienone is 5. The molecule has 54 valence electrons. The summed E-state index contributed by atoms with van der Waals surface area (Å²) in [5.41, 5.74) is 1.59. The summed E-state index contributed by atoms with van der Waals surface area (Å²) in [4.78, 5) is 4.16. The van der Waals surface area contributed by atoms with Crippen LogP contribution in [0.5, 0.6) is 0 Å². The molecule has 0 radical (unpaired) electrons. The van der Waals surface area contributed by atoms with E-state index in [2.05, 4.69) is 4.99 Å². The van der Waals surface area contributed by atoms with E-state index in [-0.39, 0.29) is 5.92 Å². The van der Waals surface area contributed by atoms with Crippen LogP contribution in [-0.2, 0) is 0 Å². The van der Waals surface area contributed by atoms with E-state index in [0.717, 1.165) is 5.71 Å². The molecule has 0 aromatic rings. The SMILES string of the molecule is N=C1C=CN=C2C=CC=CC12.